The zero-order valence-electron chi connectivity index (χ0n) is 8.20. The van der Waals surface area contributed by atoms with Gasteiger partial charge in [0.15, 0.2) is 12.2 Å². The van der Waals surface area contributed by atoms with Crippen LogP contribution in [0.1, 0.15) is 10.6 Å². The molecule has 4 heteroatoms. The zero-order valence-corrected chi connectivity index (χ0v) is 9.02. The van der Waals surface area contributed by atoms with Crippen molar-refractivity contribution in [2.24, 2.45) is 0 Å². The lowest BCUT2D eigenvalue weighted by Crippen LogP contribution is -2.05. The molecule has 0 fully saturated rings. The lowest BCUT2D eigenvalue weighted by Gasteiger charge is -1.96. The maximum atomic E-state index is 5.38. The lowest BCUT2D eigenvalue weighted by atomic mass is 10.3. The molecule has 0 aliphatic heterocycles. The number of hydrogen-bond acceptors (Lipinski definition) is 4. The monoisotopic (exact) mass is 208 g/mol. The Bertz CT molecular complexity index is 419. The number of aryl methyl sites for hydroxylation is 1. The van der Waals surface area contributed by atoms with Gasteiger partial charge in [0.25, 0.3) is 0 Å². The minimum absolute atomic E-state index is 0.739. The molecule has 0 bridgehead atoms. The summed E-state index contributed by atoms with van der Waals surface area (Å²) in [6.45, 7) is 2.82. The van der Waals surface area contributed by atoms with E-state index in [0.717, 1.165) is 22.9 Å². The van der Waals surface area contributed by atoms with Crippen LogP contribution in [0.25, 0.3) is 10.6 Å². The normalized spacial score (nSPS) is 10.7. The van der Waals surface area contributed by atoms with Crippen molar-refractivity contribution in [3.8, 4) is 10.6 Å². The molecule has 2 heterocycles. The molecular formula is C10H12N2OS. The SMILES string of the molecule is CNCc1ncoc1-c1ccc(C)s1. The molecule has 3 nitrogen and oxygen atoms in total. The molecule has 0 atom stereocenters. The van der Waals surface area contributed by atoms with E-state index in [0.29, 0.717) is 0 Å². The van der Waals surface area contributed by atoms with Crippen LogP contribution >= 0.6 is 11.3 Å². The molecule has 0 aromatic carbocycles. The first kappa shape index (κ1) is 9.43. The Morgan fingerprint density at radius 1 is 1.50 bits per heavy atom. The van der Waals surface area contributed by atoms with Crippen LogP contribution in [0.2, 0.25) is 0 Å². The van der Waals surface area contributed by atoms with Gasteiger partial charge in [0, 0.05) is 11.4 Å². The Morgan fingerprint density at radius 2 is 2.36 bits per heavy atom. The highest BCUT2D eigenvalue weighted by atomic mass is 32.1. The Labute approximate surface area is 86.8 Å². The number of nitrogens with zero attached hydrogens (tertiary/aromatic N) is 1. The molecule has 0 aliphatic rings. The second kappa shape index (κ2) is 3.94. The van der Waals surface area contributed by atoms with E-state index in [-0.39, 0.29) is 0 Å². The van der Waals surface area contributed by atoms with Gasteiger partial charge in [-0.2, -0.15) is 0 Å². The van der Waals surface area contributed by atoms with Gasteiger partial charge < -0.3 is 9.73 Å². The minimum Gasteiger partial charge on any atom is -0.442 e. The van der Waals surface area contributed by atoms with Crippen molar-refractivity contribution in [3.05, 3.63) is 29.1 Å². The maximum absolute atomic E-state index is 5.38. The average molecular weight is 208 g/mol. The number of oxazole rings is 1. The molecule has 14 heavy (non-hydrogen) atoms. The molecule has 1 N–H and O–H groups in total. The Hall–Kier alpha value is -1.13. The van der Waals surface area contributed by atoms with Gasteiger partial charge in [-0.25, -0.2) is 4.98 Å². The quantitative estimate of drug-likeness (QED) is 0.841. The standard InChI is InChI=1S/C10H12N2OS/c1-7-3-4-9(14-7)10-8(5-11-2)12-6-13-10/h3-4,6,11H,5H2,1-2H3. The summed E-state index contributed by atoms with van der Waals surface area (Å²) in [6, 6.07) is 4.16. The van der Waals surface area contributed by atoms with Crippen molar-refractivity contribution in [2.75, 3.05) is 7.05 Å². The van der Waals surface area contributed by atoms with Gasteiger partial charge >= 0.3 is 0 Å². The fourth-order valence-corrected chi connectivity index (χ4v) is 2.20. The Morgan fingerprint density at radius 3 is 3.00 bits per heavy atom. The first-order chi connectivity index (χ1) is 6.81. The van der Waals surface area contributed by atoms with E-state index in [2.05, 4.69) is 29.4 Å². The zero-order chi connectivity index (χ0) is 9.97. The van der Waals surface area contributed by atoms with E-state index in [4.69, 9.17) is 4.42 Å². The fraction of sp³-hybridized carbons (Fsp3) is 0.300. The fourth-order valence-electron chi connectivity index (χ4n) is 1.32. The van der Waals surface area contributed by atoms with Gasteiger partial charge in [-0.3, -0.25) is 0 Å². The summed E-state index contributed by atoms with van der Waals surface area (Å²) in [6.07, 6.45) is 1.50. The van der Waals surface area contributed by atoms with Crippen molar-refractivity contribution in [1.29, 1.82) is 0 Å². The highest BCUT2D eigenvalue weighted by molar-refractivity contribution is 7.15. The molecule has 2 aromatic heterocycles. The van der Waals surface area contributed by atoms with Gasteiger partial charge in [0.1, 0.15) is 5.69 Å². The van der Waals surface area contributed by atoms with E-state index >= 15 is 0 Å². The predicted octanol–water partition coefficient (Wildman–Crippen LogP) is 2.43. The van der Waals surface area contributed by atoms with E-state index < -0.39 is 0 Å². The molecule has 0 unspecified atom stereocenters. The summed E-state index contributed by atoms with van der Waals surface area (Å²) in [7, 11) is 1.90. The molecule has 0 saturated carbocycles. The number of thiophene rings is 1. The summed E-state index contributed by atoms with van der Waals surface area (Å²) in [5.74, 6) is 0.887. The number of aromatic nitrogens is 1. The Balaban J connectivity index is 2.36. The van der Waals surface area contributed by atoms with Crippen LogP contribution in [0.15, 0.2) is 22.9 Å². The van der Waals surface area contributed by atoms with Crippen LogP contribution in [0.5, 0.6) is 0 Å². The smallest absolute Gasteiger partial charge is 0.181 e. The summed E-state index contributed by atoms with van der Waals surface area (Å²) >= 11 is 1.72. The first-order valence-corrected chi connectivity index (χ1v) is 5.26. The van der Waals surface area contributed by atoms with Crippen molar-refractivity contribution in [1.82, 2.24) is 10.3 Å². The van der Waals surface area contributed by atoms with E-state index in [1.165, 1.54) is 11.3 Å². The van der Waals surface area contributed by atoms with Crippen LogP contribution in [-0.2, 0) is 6.54 Å². The summed E-state index contributed by atoms with van der Waals surface area (Å²) in [4.78, 5) is 6.60. The van der Waals surface area contributed by atoms with Gasteiger partial charge in [-0.15, -0.1) is 11.3 Å². The average Bonchev–Trinajstić information content (AvgIpc) is 2.74. The molecule has 0 radical (unpaired) electrons. The number of nitrogens with one attached hydrogen (secondary N) is 1. The van der Waals surface area contributed by atoms with Crippen LogP contribution in [-0.4, -0.2) is 12.0 Å². The summed E-state index contributed by atoms with van der Waals surface area (Å²) in [5.41, 5.74) is 0.967. The van der Waals surface area contributed by atoms with Crippen LogP contribution < -0.4 is 5.32 Å². The van der Waals surface area contributed by atoms with E-state index in [9.17, 15) is 0 Å². The largest absolute Gasteiger partial charge is 0.442 e. The second-order valence-electron chi connectivity index (χ2n) is 3.07. The van der Waals surface area contributed by atoms with Crippen LogP contribution in [0.3, 0.4) is 0 Å². The topological polar surface area (TPSA) is 38.1 Å². The minimum atomic E-state index is 0.739. The van der Waals surface area contributed by atoms with Gasteiger partial charge in [0.2, 0.25) is 0 Å². The van der Waals surface area contributed by atoms with Gasteiger partial charge in [0.05, 0.1) is 4.88 Å². The van der Waals surface area contributed by atoms with Crippen molar-refractivity contribution in [3.63, 3.8) is 0 Å². The number of rotatable bonds is 3. The van der Waals surface area contributed by atoms with Crippen LogP contribution in [0, 0.1) is 6.92 Å². The lowest BCUT2D eigenvalue weighted by molar-refractivity contribution is 0.571. The molecular weight excluding hydrogens is 196 g/mol. The third kappa shape index (κ3) is 1.71. The van der Waals surface area contributed by atoms with Gasteiger partial charge in [-0.1, -0.05) is 0 Å². The molecule has 0 amide bonds. The van der Waals surface area contributed by atoms with E-state index in [1.54, 1.807) is 11.3 Å². The maximum Gasteiger partial charge on any atom is 0.181 e. The summed E-state index contributed by atoms with van der Waals surface area (Å²) in [5, 5.41) is 3.07. The molecule has 2 aromatic rings. The highest BCUT2D eigenvalue weighted by Crippen LogP contribution is 2.29. The molecule has 74 valence electrons. The summed E-state index contributed by atoms with van der Waals surface area (Å²) < 4.78 is 5.38. The van der Waals surface area contributed by atoms with E-state index in [1.807, 2.05) is 7.05 Å². The third-order valence-corrected chi connectivity index (χ3v) is 2.95. The number of hydrogen-bond donors (Lipinski definition) is 1. The highest BCUT2D eigenvalue weighted by Gasteiger charge is 2.11. The predicted molar refractivity (Wildman–Crippen MR) is 57.3 cm³/mol. The third-order valence-electron chi connectivity index (χ3n) is 1.95. The second-order valence-corrected chi connectivity index (χ2v) is 4.36. The molecule has 0 saturated heterocycles. The molecule has 0 aliphatic carbocycles. The first-order valence-electron chi connectivity index (χ1n) is 4.45. The molecule has 2 rings (SSSR count). The van der Waals surface area contributed by atoms with Crippen molar-refractivity contribution in [2.45, 2.75) is 13.5 Å². The van der Waals surface area contributed by atoms with Crippen LogP contribution in [0.4, 0.5) is 0 Å². The molecule has 0 spiro atoms. The van der Waals surface area contributed by atoms with Crippen molar-refractivity contribution < 1.29 is 4.42 Å². The van der Waals surface area contributed by atoms with Crippen molar-refractivity contribution >= 4 is 11.3 Å². The Kier molecular flexibility index (Phi) is 2.65. The van der Waals surface area contributed by atoms with Gasteiger partial charge in [-0.05, 0) is 26.1 Å².